The van der Waals surface area contributed by atoms with Crippen LogP contribution in [0.25, 0.3) is 0 Å². The van der Waals surface area contributed by atoms with E-state index in [1.54, 1.807) is 65.6 Å². The first-order chi connectivity index (χ1) is 17.5. The van der Waals surface area contributed by atoms with E-state index in [1.165, 1.54) is 6.26 Å². The number of benzene rings is 3. The van der Waals surface area contributed by atoms with Crippen molar-refractivity contribution >= 4 is 40.5 Å². The second-order valence-electron chi connectivity index (χ2n) is 7.88. The Hall–Kier alpha value is -4.85. The number of carbonyl (C=O) groups excluding carboxylic acids is 3. The summed E-state index contributed by atoms with van der Waals surface area (Å²) in [5.74, 6) is -0.580. The number of amides is 3. The Morgan fingerprint density at radius 1 is 0.778 bits per heavy atom. The van der Waals surface area contributed by atoms with Gasteiger partial charge in [0.1, 0.15) is 0 Å². The van der Waals surface area contributed by atoms with Crippen LogP contribution < -0.4 is 20.9 Å². The Morgan fingerprint density at radius 3 is 2.22 bits per heavy atom. The van der Waals surface area contributed by atoms with Crippen molar-refractivity contribution in [3.05, 3.63) is 109 Å². The maximum Gasteiger partial charge on any atom is 0.291 e. The molecule has 0 atom stereocenters. The lowest BCUT2D eigenvalue weighted by molar-refractivity contribution is -0.114. The minimum atomic E-state index is -0.363. The number of hydrogen-bond donors (Lipinski definition) is 3. The number of carbonyl (C=O) groups is 3. The van der Waals surface area contributed by atoms with Crippen LogP contribution in [-0.2, 0) is 4.79 Å². The smallest absolute Gasteiger partial charge is 0.291 e. The Kier molecular flexibility index (Phi) is 7.77. The van der Waals surface area contributed by atoms with Gasteiger partial charge < -0.3 is 25.3 Å². The average Bonchev–Trinajstić information content (AvgIpc) is 3.44. The number of hydrogen-bond acceptors (Lipinski definition) is 5. The van der Waals surface area contributed by atoms with Crippen LogP contribution in [0.15, 0.2) is 102 Å². The molecular weight excluding hydrogens is 456 g/mol. The second-order valence-corrected chi connectivity index (χ2v) is 7.88. The highest BCUT2D eigenvalue weighted by molar-refractivity contribution is 6.07. The van der Waals surface area contributed by atoms with Crippen LogP contribution in [0, 0.1) is 0 Å². The third-order valence-electron chi connectivity index (χ3n) is 5.34. The minimum Gasteiger partial charge on any atom is -0.459 e. The summed E-state index contributed by atoms with van der Waals surface area (Å²) < 4.78 is 5.09. The van der Waals surface area contributed by atoms with Crippen molar-refractivity contribution in [2.45, 2.75) is 6.92 Å². The molecule has 8 heteroatoms. The molecule has 4 rings (SSSR count). The molecule has 3 N–H and O–H groups in total. The van der Waals surface area contributed by atoms with Gasteiger partial charge in [0.25, 0.3) is 11.8 Å². The lowest BCUT2D eigenvalue weighted by Crippen LogP contribution is -2.30. The maximum atomic E-state index is 13.1. The molecule has 36 heavy (non-hydrogen) atoms. The van der Waals surface area contributed by atoms with E-state index in [0.29, 0.717) is 29.2 Å². The van der Waals surface area contributed by atoms with E-state index in [0.717, 1.165) is 5.69 Å². The third kappa shape index (κ3) is 6.18. The zero-order valence-corrected chi connectivity index (χ0v) is 19.7. The van der Waals surface area contributed by atoms with Crippen LogP contribution in [-0.4, -0.2) is 30.8 Å². The number of furan rings is 1. The molecule has 3 amide bonds. The fourth-order valence-corrected chi connectivity index (χ4v) is 3.63. The normalized spacial score (nSPS) is 10.4. The van der Waals surface area contributed by atoms with Crippen LogP contribution in [0.1, 0.15) is 27.8 Å². The van der Waals surface area contributed by atoms with Crippen molar-refractivity contribution in [1.82, 2.24) is 0 Å². The van der Waals surface area contributed by atoms with E-state index in [-0.39, 0.29) is 30.0 Å². The molecule has 0 aliphatic carbocycles. The molecule has 0 saturated heterocycles. The molecule has 0 radical (unpaired) electrons. The third-order valence-corrected chi connectivity index (χ3v) is 5.34. The molecule has 0 aliphatic heterocycles. The van der Waals surface area contributed by atoms with Crippen LogP contribution >= 0.6 is 0 Å². The van der Waals surface area contributed by atoms with Gasteiger partial charge in [-0.1, -0.05) is 30.3 Å². The largest absolute Gasteiger partial charge is 0.459 e. The van der Waals surface area contributed by atoms with E-state index in [9.17, 15) is 14.4 Å². The lowest BCUT2D eigenvalue weighted by Gasteiger charge is -2.21. The summed E-state index contributed by atoms with van der Waals surface area (Å²) in [6, 6.07) is 26.5. The predicted octanol–water partition coefficient (Wildman–Crippen LogP) is 5.25. The zero-order valence-electron chi connectivity index (χ0n) is 19.7. The molecule has 8 nitrogen and oxygen atoms in total. The summed E-state index contributed by atoms with van der Waals surface area (Å²) >= 11 is 0. The van der Waals surface area contributed by atoms with Crippen molar-refractivity contribution in [3.8, 4) is 0 Å². The molecule has 0 bridgehead atoms. The van der Waals surface area contributed by atoms with E-state index >= 15 is 0 Å². The van der Waals surface area contributed by atoms with E-state index in [4.69, 9.17) is 4.42 Å². The highest BCUT2D eigenvalue weighted by atomic mass is 16.3. The quantitative estimate of drug-likeness (QED) is 0.302. The Morgan fingerprint density at radius 2 is 1.50 bits per heavy atom. The topological polar surface area (TPSA) is 104 Å². The van der Waals surface area contributed by atoms with E-state index in [1.807, 2.05) is 37.3 Å². The summed E-state index contributed by atoms with van der Waals surface area (Å²) in [6.07, 6.45) is 1.43. The Balaban J connectivity index is 1.34. The Bertz CT molecular complexity index is 1340. The van der Waals surface area contributed by atoms with Gasteiger partial charge in [-0.05, 0) is 67.6 Å². The van der Waals surface area contributed by atoms with Crippen LogP contribution in [0.4, 0.5) is 22.7 Å². The molecule has 0 fully saturated rings. The first kappa shape index (κ1) is 24.3. The SMILES string of the molecule is CCN(C(=O)c1cccc(NC(=O)CNc2cccc(NC(=O)c3ccco3)c2)c1)c1ccccc1. The number of nitrogens with zero attached hydrogens (tertiary/aromatic N) is 1. The van der Waals surface area contributed by atoms with Crippen LogP contribution in [0.3, 0.4) is 0 Å². The molecule has 0 saturated carbocycles. The average molecular weight is 483 g/mol. The van der Waals surface area contributed by atoms with Crippen molar-refractivity contribution in [1.29, 1.82) is 0 Å². The summed E-state index contributed by atoms with van der Waals surface area (Å²) in [6.45, 7) is 2.43. The van der Waals surface area contributed by atoms with Gasteiger partial charge in [0.2, 0.25) is 5.91 Å². The van der Waals surface area contributed by atoms with Gasteiger partial charge in [0.15, 0.2) is 5.76 Å². The van der Waals surface area contributed by atoms with E-state index in [2.05, 4.69) is 16.0 Å². The summed E-state index contributed by atoms with van der Waals surface area (Å²) in [5, 5.41) is 8.60. The van der Waals surface area contributed by atoms with Gasteiger partial charge in [-0.2, -0.15) is 0 Å². The molecule has 0 spiro atoms. The van der Waals surface area contributed by atoms with Gasteiger partial charge in [0.05, 0.1) is 12.8 Å². The fourth-order valence-electron chi connectivity index (χ4n) is 3.63. The molecular formula is C28H26N4O4. The van der Waals surface area contributed by atoms with Gasteiger partial charge in [-0.25, -0.2) is 0 Å². The van der Waals surface area contributed by atoms with Crippen molar-refractivity contribution in [3.63, 3.8) is 0 Å². The van der Waals surface area contributed by atoms with Crippen LogP contribution in [0.5, 0.6) is 0 Å². The van der Waals surface area contributed by atoms with Gasteiger partial charge in [-0.3, -0.25) is 14.4 Å². The highest BCUT2D eigenvalue weighted by Crippen LogP contribution is 2.19. The molecule has 0 aliphatic rings. The summed E-state index contributed by atoms with van der Waals surface area (Å²) in [5.41, 5.74) is 3.04. The first-order valence-electron chi connectivity index (χ1n) is 11.5. The molecule has 3 aromatic carbocycles. The highest BCUT2D eigenvalue weighted by Gasteiger charge is 2.16. The predicted molar refractivity (Wildman–Crippen MR) is 140 cm³/mol. The Labute approximate surface area is 208 Å². The fraction of sp³-hybridized carbons (Fsp3) is 0.107. The van der Waals surface area contributed by atoms with Gasteiger partial charge in [0, 0.05) is 34.9 Å². The molecule has 1 heterocycles. The summed E-state index contributed by atoms with van der Waals surface area (Å²) in [7, 11) is 0. The molecule has 0 unspecified atom stereocenters. The summed E-state index contributed by atoms with van der Waals surface area (Å²) in [4.78, 5) is 39.5. The van der Waals surface area contributed by atoms with Crippen LogP contribution in [0.2, 0.25) is 0 Å². The first-order valence-corrected chi connectivity index (χ1v) is 11.5. The number of anilines is 4. The number of rotatable bonds is 9. The second kappa shape index (κ2) is 11.5. The number of para-hydroxylation sites is 1. The standard InChI is InChI=1S/C28H26N4O4/c1-2-32(24-13-4-3-5-14-24)28(35)20-9-6-11-22(17-20)30-26(33)19-29-21-10-7-12-23(18-21)31-27(34)25-15-8-16-36-25/h3-18,29H,2,19H2,1H3,(H,30,33)(H,31,34). The van der Waals surface area contributed by atoms with E-state index < -0.39 is 0 Å². The minimum absolute atomic E-state index is 0.00113. The van der Waals surface area contributed by atoms with Crippen molar-refractivity contribution in [2.75, 3.05) is 33.9 Å². The maximum absolute atomic E-state index is 13.1. The number of nitrogens with one attached hydrogen (secondary N) is 3. The zero-order chi connectivity index (χ0) is 25.3. The van der Waals surface area contributed by atoms with Gasteiger partial charge in [-0.15, -0.1) is 0 Å². The molecule has 1 aromatic heterocycles. The van der Waals surface area contributed by atoms with Crippen molar-refractivity contribution < 1.29 is 18.8 Å². The monoisotopic (exact) mass is 482 g/mol. The lowest BCUT2D eigenvalue weighted by atomic mass is 10.1. The molecule has 182 valence electrons. The molecule has 4 aromatic rings. The van der Waals surface area contributed by atoms with Crippen molar-refractivity contribution in [2.24, 2.45) is 0 Å². The van der Waals surface area contributed by atoms with Gasteiger partial charge >= 0.3 is 0 Å².